The Morgan fingerprint density at radius 2 is 1.86 bits per heavy atom. The lowest BCUT2D eigenvalue weighted by molar-refractivity contribution is -0.384. The van der Waals surface area contributed by atoms with E-state index in [9.17, 15) is 19.7 Å². The molecule has 3 rings (SSSR count). The SMILES string of the molecule is CC(=O)N1CCN(c2ccc(C(=O)N3CCNC[C@H]3C)cc2[N+](=O)[O-])CC1.Cl. The molecule has 0 saturated carbocycles. The van der Waals surface area contributed by atoms with Crippen LogP contribution in [-0.4, -0.2) is 78.4 Å². The second-order valence-electron chi connectivity index (χ2n) is 7.01. The highest BCUT2D eigenvalue weighted by Gasteiger charge is 2.28. The van der Waals surface area contributed by atoms with Crippen molar-refractivity contribution >= 4 is 35.6 Å². The van der Waals surface area contributed by atoms with Gasteiger partial charge in [0.05, 0.1) is 4.92 Å². The van der Waals surface area contributed by atoms with Crippen molar-refractivity contribution in [2.75, 3.05) is 50.7 Å². The predicted molar refractivity (Wildman–Crippen MR) is 108 cm³/mol. The third kappa shape index (κ3) is 4.53. The number of nitrogens with zero attached hydrogens (tertiary/aromatic N) is 4. The van der Waals surface area contributed by atoms with Crippen LogP contribution >= 0.6 is 12.4 Å². The summed E-state index contributed by atoms with van der Waals surface area (Å²) in [6.45, 7) is 7.63. The molecule has 1 atom stereocenters. The molecule has 9 nitrogen and oxygen atoms in total. The fourth-order valence-electron chi connectivity index (χ4n) is 3.64. The van der Waals surface area contributed by atoms with Crippen LogP contribution in [0.1, 0.15) is 24.2 Å². The standard InChI is InChI=1S/C18H25N5O4.ClH/c1-13-12-19-5-6-22(13)18(25)15-3-4-16(17(11-15)23(26)27)21-9-7-20(8-10-21)14(2)24;/h3-4,11,13,19H,5-10,12H2,1-2H3;1H/t13-;/m1./s1. The van der Waals surface area contributed by atoms with Gasteiger partial charge < -0.3 is 20.0 Å². The van der Waals surface area contributed by atoms with Gasteiger partial charge >= 0.3 is 0 Å². The van der Waals surface area contributed by atoms with Crippen LogP contribution < -0.4 is 10.2 Å². The zero-order valence-electron chi connectivity index (χ0n) is 16.1. The Labute approximate surface area is 170 Å². The van der Waals surface area contributed by atoms with E-state index in [1.807, 2.05) is 11.8 Å². The molecule has 0 aromatic heterocycles. The van der Waals surface area contributed by atoms with Crippen LogP contribution in [0.3, 0.4) is 0 Å². The molecular formula is C18H26ClN5O4. The molecular weight excluding hydrogens is 386 g/mol. The molecule has 1 N–H and O–H groups in total. The molecule has 2 heterocycles. The highest BCUT2D eigenvalue weighted by atomic mass is 35.5. The van der Waals surface area contributed by atoms with Crippen molar-refractivity contribution in [3.8, 4) is 0 Å². The predicted octanol–water partition coefficient (Wildman–Crippen LogP) is 1.12. The lowest BCUT2D eigenvalue weighted by Gasteiger charge is -2.35. The molecule has 1 aromatic carbocycles. The van der Waals surface area contributed by atoms with Crippen molar-refractivity contribution in [3.63, 3.8) is 0 Å². The second-order valence-corrected chi connectivity index (χ2v) is 7.01. The smallest absolute Gasteiger partial charge is 0.293 e. The number of carbonyl (C=O) groups excluding carboxylic acids is 2. The maximum atomic E-state index is 12.8. The van der Waals surface area contributed by atoms with Crippen molar-refractivity contribution in [1.29, 1.82) is 0 Å². The first-order valence-corrected chi connectivity index (χ1v) is 9.19. The van der Waals surface area contributed by atoms with Crippen molar-refractivity contribution in [3.05, 3.63) is 33.9 Å². The summed E-state index contributed by atoms with van der Waals surface area (Å²) in [6, 6.07) is 4.74. The number of carbonyl (C=O) groups is 2. The molecule has 28 heavy (non-hydrogen) atoms. The van der Waals surface area contributed by atoms with Crippen molar-refractivity contribution < 1.29 is 14.5 Å². The molecule has 0 unspecified atom stereocenters. The maximum Gasteiger partial charge on any atom is 0.293 e. The number of benzene rings is 1. The van der Waals surface area contributed by atoms with E-state index >= 15 is 0 Å². The average Bonchev–Trinajstić information content (AvgIpc) is 2.67. The normalized spacial score (nSPS) is 19.8. The molecule has 10 heteroatoms. The Balaban J connectivity index is 0.00000280. The first-order valence-electron chi connectivity index (χ1n) is 9.19. The zero-order chi connectivity index (χ0) is 19.6. The molecule has 2 aliphatic rings. The number of rotatable bonds is 3. The van der Waals surface area contributed by atoms with E-state index in [0.717, 1.165) is 6.54 Å². The summed E-state index contributed by atoms with van der Waals surface area (Å²) in [4.78, 5) is 40.8. The van der Waals surface area contributed by atoms with E-state index < -0.39 is 4.92 Å². The summed E-state index contributed by atoms with van der Waals surface area (Å²) in [5.74, 6) is -0.171. The van der Waals surface area contributed by atoms with Crippen LogP contribution in [-0.2, 0) is 4.79 Å². The van der Waals surface area contributed by atoms with Gasteiger partial charge in [0.1, 0.15) is 5.69 Å². The molecule has 2 fully saturated rings. The molecule has 2 saturated heterocycles. The first-order chi connectivity index (χ1) is 12.9. The van der Waals surface area contributed by atoms with Crippen LogP contribution in [0.25, 0.3) is 0 Å². The Hall–Kier alpha value is -2.39. The fraction of sp³-hybridized carbons (Fsp3) is 0.556. The number of anilines is 1. The number of nitrogens with one attached hydrogen (secondary N) is 1. The molecule has 2 aliphatic heterocycles. The van der Waals surface area contributed by atoms with Gasteiger partial charge in [0.2, 0.25) is 5.91 Å². The summed E-state index contributed by atoms with van der Waals surface area (Å²) in [5.41, 5.74) is 0.759. The van der Waals surface area contributed by atoms with Crippen LogP contribution in [0, 0.1) is 10.1 Å². The van der Waals surface area contributed by atoms with Gasteiger partial charge in [0, 0.05) is 70.4 Å². The lowest BCUT2D eigenvalue weighted by Crippen LogP contribution is -2.52. The zero-order valence-corrected chi connectivity index (χ0v) is 16.9. The van der Waals surface area contributed by atoms with E-state index in [-0.39, 0.29) is 36.0 Å². The highest BCUT2D eigenvalue weighted by molar-refractivity contribution is 5.96. The van der Waals surface area contributed by atoms with Gasteiger partial charge in [-0.15, -0.1) is 12.4 Å². The summed E-state index contributed by atoms with van der Waals surface area (Å²) in [6.07, 6.45) is 0. The number of halogens is 1. The quantitative estimate of drug-likeness (QED) is 0.591. The molecule has 0 aliphatic carbocycles. The topological polar surface area (TPSA) is 99.0 Å². The minimum atomic E-state index is -0.440. The Bertz CT molecular complexity index is 751. The second kappa shape index (κ2) is 9.20. The van der Waals surface area contributed by atoms with Crippen LogP contribution in [0.15, 0.2) is 18.2 Å². The largest absolute Gasteiger partial charge is 0.362 e. The molecule has 0 bridgehead atoms. The maximum absolute atomic E-state index is 12.8. The van der Waals surface area contributed by atoms with Crippen LogP contribution in [0.4, 0.5) is 11.4 Å². The van der Waals surface area contributed by atoms with E-state index in [0.29, 0.717) is 50.5 Å². The molecule has 0 radical (unpaired) electrons. The van der Waals surface area contributed by atoms with Crippen molar-refractivity contribution in [1.82, 2.24) is 15.1 Å². The fourth-order valence-corrected chi connectivity index (χ4v) is 3.64. The summed E-state index contributed by atoms with van der Waals surface area (Å²) in [7, 11) is 0. The number of hydrogen-bond acceptors (Lipinski definition) is 6. The highest BCUT2D eigenvalue weighted by Crippen LogP contribution is 2.30. The minimum absolute atomic E-state index is 0. The van der Waals surface area contributed by atoms with Crippen LogP contribution in [0.5, 0.6) is 0 Å². The third-order valence-corrected chi connectivity index (χ3v) is 5.25. The summed E-state index contributed by atoms with van der Waals surface area (Å²) >= 11 is 0. The minimum Gasteiger partial charge on any atom is -0.362 e. The van der Waals surface area contributed by atoms with E-state index in [1.54, 1.807) is 21.9 Å². The number of nitro benzene ring substituents is 1. The lowest BCUT2D eigenvalue weighted by atomic mass is 10.1. The van der Waals surface area contributed by atoms with Gasteiger partial charge in [-0.2, -0.15) is 0 Å². The monoisotopic (exact) mass is 411 g/mol. The van der Waals surface area contributed by atoms with E-state index in [4.69, 9.17) is 0 Å². The van der Waals surface area contributed by atoms with Gasteiger partial charge in [0.25, 0.3) is 11.6 Å². The number of piperazine rings is 2. The van der Waals surface area contributed by atoms with E-state index in [1.165, 1.54) is 13.0 Å². The molecule has 154 valence electrons. The van der Waals surface area contributed by atoms with Gasteiger partial charge in [-0.1, -0.05) is 0 Å². The molecule has 1 aromatic rings. The van der Waals surface area contributed by atoms with Crippen LogP contribution in [0.2, 0.25) is 0 Å². The Morgan fingerprint density at radius 3 is 2.43 bits per heavy atom. The van der Waals surface area contributed by atoms with Gasteiger partial charge in [-0.05, 0) is 19.1 Å². The van der Waals surface area contributed by atoms with Gasteiger partial charge in [-0.3, -0.25) is 19.7 Å². The molecule has 0 spiro atoms. The number of nitro groups is 1. The third-order valence-electron chi connectivity index (χ3n) is 5.25. The Morgan fingerprint density at radius 1 is 1.18 bits per heavy atom. The van der Waals surface area contributed by atoms with Gasteiger partial charge in [-0.25, -0.2) is 0 Å². The first kappa shape index (κ1) is 21.9. The molecule has 2 amide bonds. The van der Waals surface area contributed by atoms with Crippen molar-refractivity contribution in [2.24, 2.45) is 0 Å². The Kier molecular flexibility index (Phi) is 7.20. The summed E-state index contributed by atoms with van der Waals surface area (Å²) < 4.78 is 0. The summed E-state index contributed by atoms with van der Waals surface area (Å²) in [5, 5.41) is 14.9. The van der Waals surface area contributed by atoms with Gasteiger partial charge in [0.15, 0.2) is 0 Å². The number of hydrogen-bond donors (Lipinski definition) is 1. The van der Waals surface area contributed by atoms with Crippen molar-refractivity contribution in [2.45, 2.75) is 19.9 Å². The average molecular weight is 412 g/mol. The number of amides is 2. The van der Waals surface area contributed by atoms with E-state index in [2.05, 4.69) is 5.32 Å².